The van der Waals surface area contributed by atoms with Gasteiger partial charge in [-0.1, -0.05) is 31.4 Å². The van der Waals surface area contributed by atoms with Crippen LogP contribution in [0.5, 0.6) is 0 Å². The van der Waals surface area contributed by atoms with E-state index >= 15 is 0 Å². The number of allylic oxidation sites excluding steroid dienone is 2. The smallest absolute Gasteiger partial charge is 0.315 e. The first-order chi connectivity index (χ1) is 24.2. The lowest BCUT2D eigenvalue weighted by atomic mass is 10.3. The van der Waals surface area contributed by atoms with Crippen LogP contribution in [0, 0.1) is 0 Å². The molecule has 21 heteroatoms. The van der Waals surface area contributed by atoms with Gasteiger partial charge in [-0.3, -0.25) is 0 Å². The largest absolute Gasteiger partial charge is 0.439 e. The predicted octanol–water partition coefficient (Wildman–Crippen LogP) is 11.6. The second-order valence-corrected chi connectivity index (χ2v) is 64.4. The van der Waals surface area contributed by atoms with Gasteiger partial charge in [0.05, 0.1) is 0 Å². The quantitative estimate of drug-likeness (QED) is 0.0478. The molecule has 0 aromatic rings. The van der Waals surface area contributed by atoms with Gasteiger partial charge < -0.3 is 37.0 Å². The molecule has 0 aliphatic rings. The summed E-state index contributed by atoms with van der Waals surface area (Å²) in [6.45, 7) is 60.3. The molecular formula is C34H94O9Si12. The van der Waals surface area contributed by atoms with E-state index in [9.17, 15) is 0 Å². The van der Waals surface area contributed by atoms with Crippen LogP contribution < -0.4 is 0 Å². The molecule has 6 atom stereocenters. The van der Waals surface area contributed by atoms with E-state index in [1.807, 2.05) is 12.2 Å². The summed E-state index contributed by atoms with van der Waals surface area (Å²) in [5, 5.41) is 0. The van der Waals surface area contributed by atoms with Gasteiger partial charge in [-0.15, -0.1) is 13.2 Å². The Morgan fingerprint density at radius 3 is 0.818 bits per heavy atom. The Morgan fingerprint density at radius 1 is 0.364 bits per heavy atom. The normalized spacial score (nSPS) is 17.6. The van der Waals surface area contributed by atoms with Gasteiger partial charge >= 0.3 is 17.1 Å². The highest BCUT2D eigenvalue weighted by Crippen LogP contribution is 2.28. The highest BCUT2D eigenvalue weighted by Gasteiger charge is 2.41. The van der Waals surface area contributed by atoms with Crippen LogP contribution in [0.1, 0.15) is 25.7 Å². The summed E-state index contributed by atoms with van der Waals surface area (Å²) in [6, 6.07) is 2.06. The Hall–Kier alpha value is 1.72. The van der Waals surface area contributed by atoms with Crippen molar-refractivity contribution < 1.29 is 37.0 Å². The van der Waals surface area contributed by atoms with Gasteiger partial charge in [-0.25, -0.2) is 0 Å². The predicted molar refractivity (Wildman–Crippen MR) is 274 cm³/mol. The molecular weight excluding hydrogens is 889 g/mol. The van der Waals surface area contributed by atoms with Crippen molar-refractivity contribution in [2.24, 2.45) is 0 Å². The standard InChI is InChI=1S/C21H60O6Si8.C8H26O3Si4.C5H8/c1-28(22-30(3,4)5)24-34(15,26-32(9,10)11)20-18-17-19-21-35(16,27-33(12,13)14)25-29(2)23-31(6,7)8;1-12(10-14(3,4)5)9-13(2)11-15(6,7)8;1-3-5-4-2/h28-29H,17-21H2,1-16H3;12-13H,1-8H3;3-4H,1-2,5H2. The molecule has 0 aliphatic carbocycles. The van der Waals surface area contributed by atoms with E-state index < -0.39 is 104 Å². The van der Waals surface area contributed by atoms with Gasteiger partial charge in [0, 0.05) is 0 Å². The van der Waals surface area contributed by atoms with E-state index in [-0.39, 0.29) is 0 Å². The Balaban J connectivity index is -0.00000111. The SMILES string of the molecule is C=CCC=C.C[SiH](O[SiH](C)O[Si](C)(C)C)O[Si](C)(C)C.C[SiH](O[Si](C)(C)C)O[Si](C)(CCCCC[Si](C)(O[SiH](C)O[Si](C)(C)C)O[Si](C)(C)C)O[Si](C)(C)C. The van der Waals surface area contributed by atoms with Crippen LogP contribution in [0.15, 0.2) is 25.3 Å². The lowest BCUT2D eigenvalue weighted by Crippen LogP contribution is -2.52. The fourth-order valence-corrected chi connectivity index (χ4v) is 47.4. The number of hydrogen-bond acceptors (Lipinski definition) is 9. The van der Waals surface area contributed by atoms with Crippen LogP contribution >= 0.6 is 0 Å². The minimum Gasteiger partial charge on any atom is -0.439 e. The molecule has 6 unspecified atom stereocenters. The summed E-state index contributed by atoms with van der Waals surface area (Å²) in [5.41, 5.74) is 0. The third-order valence-electron chi connectivity index (χ3n) is 6.43. The molecule has 0 rings (SSSR count). The monoisotopic (exact) mass is 982 g/mol. The van der Waals surface area contributed by atoms with E-state index in [0.717, 1.165) is 37.8 Å². The van der Waals surface area contributed by atoms with Gasteiger partial charge in [-0.2, -0.15) is 0 Å². The molecule has 0 aromatic carbocycles. The second-order valence-electron chi connectivity index (χ2n) is 20.6. The van der Waals surface area contributed by atoms with Gasteiger partial charge in [0.2, 0.25) is 0 Å². The summed E-state index contributed by atoms with van der Waals surface area (Å²) in [6.07, 6.45) is 7.94. The van der Waals surface area contributed by atoms with Crippen LogP contribution in [-0.2, 0) is 37.0 Å². The van der Waals surface area contributed by atoms with Crippen molar-refractivity contribution in [3.63, 3.8) is 0 Å². The maximum atomic E-state index is 6.71. The van der Waals surface area contributed by atoms with Gasteiger partial charge in [-0.05, 0) is 176 Å². The van der Waals surface area contributed by atoms with Crippen molar-refractivity contribution in [3.8, 4) is 0 Å². The Morgan fingerprint density at radius 2 is 0.618 bits per heavy atom. The zero-order chi connectivity index (χ0) is 44.3. The summed E-state index contributed by atoms with van der Waals surface area (Å²) in [7, 11) is -20.3. The molecule has 0 radical (unpaired) electrons. The van der Waals surface area contributed by atoms with Crippen LogP contribution in [0.3, 0.4) is 0 Å². The van der Waals surface area contributed by atoms with E-state index in [4.69, 9.17) is 37.0 Å². The molecule has 0 spiro atoms. The van der Waals surface area contributed by atoms with E-state index in [2.05, 4.69) is 170 Å². The van der Waals surface area contributed by atoms with Crippen LogP contribution in [0.4, 0.5) is 0 Å². The molecule has 0 saturated heterocycles. The van der Waals surface area contributed by atoms with E-state index in [1.54, 1.807) is 0 Å². The third kappa shape index (κ3) is 45.1. The Bertz CT molecular complexity index is 961. The van der Waals surface area contributed by atoms with Gasteiger partial charge in [0.1, 0.15) is 0 Å². The average Bonchev–Trinajstić information content (AvgIpc) is 2.82. The molecule has 0 fully saturated rings. The average molecular weight is 984 g/mol. The summed E-state index contributed by atoms with van der Waals surface area (Å²) < 4.78 is 57.2. The second kappa shape index (κ2) is 26.9. The molecule has 55 heavy (non-hydrogen) atoms. The molecule has 0 aliphatic heterocycles. The summed E-state index contributed by atoms with van der Waals surface area (Å²) in [4.78, 5) is 0. The lowest BCUT2D eigenvalue weighted by molar-refractivity contribution is 0.340. The molecule has 0 N–H and O–H groups in total. The minimum absolute atomic E-state index is 0.917. The number of hydrogen-bond donors (Lipinski definition) is 0. The van der Waals surface area contributed by atoms with Crippen LogP contribution in [0.2, 0.25) is 169 Å². The van der Waals surface area contributed by atoms with Crippen molar-refractivity contribution in [3.05, 3.63) is 25.3 Å². The molecule has 0 saturated carbocycles. The fraction of sp³-hybridized carbons (Fsp3) is 0.882. The van der Waals surface area contributed by atoms with Crippen molar-refractivity contribution in [1.29, 1.82) is 0 Å². The maximum absolute atomic E-state index is 6.71. The van der Waals surface area contributed by atoms with Crippen LogP contribution in [-0.4, -0.2) is 104 Å². The minimum atomic E-state index is -2.27. The first-order valence-electron chi connectivity index (χ1n) is 20.6. The Kier molecular flexibility index (Phi) is 29.9. The highest BCUT2D eigenvalue weighted by atomic mass is 28.5. The summed E-state index contributed by atoms with van der Waals surface area (Å²) in [5.74, 6) is 0. The lowest BCUT2D eigenvalue weighted by Gasteiger charge is -2.38. The molecule has 0 heterocycles. The first-order valence-corrected chi connectivity index (χ1v) is 54.5. The van der Waals surface area contributed by atoms with Crippen molar-refractivity contribution >= 4 is 104 Å². The first kappa shape index (κ1) is 61.0. The summed E-state index contributed by atoms with van der Waals surface area (Å²) >= 11 is 0. The fourth-order valence-electron chi connectivity index (χ4n) is 5.82. The zero-order valence-electron chi connectivity index (χ0n) is 40.8. The Labute approximate surface area is 359 Å². The van der Waals surface area contributed by atoms with E-state index in [0.29, 0.717) is 0 Å². The molecule has 0 amide bonds. The van der Waals surface area contributed by atoms with Crippen molar-refractivity contribution in [2.75, 3.05) is 0 Å². The third-order valence-corrected chi connectivity index (χ3v) is 43.6. The van der Waals surface area contributed by atoms with Gasteiger partial charge in [0.15, 0.2) is 49.9 Å². The van der Waals surface area contributed by atoms with E-state index in [1.165, 1.54) is 0 Å². The highest BCUT2D eigenvalue weighted by molar-refractivity contribution is 6.86. The van der Waals surface area contributed by atoms with Gasteiger partial charge in [0.25, 0.3) is 37.1 Å². The van der Waals surface area contributed by atoms with Crippen LogP contribution in [0.25, 0.3) is 0 Å². The molecule has 0 bridgehead atoms. The maximum Gasteiger partial charge on any atom is 0.315 e. The number of rotatable bonds is 26. The molecule has 0 aromatic heterocycles. The zero-order valence-corrected chi connectivity index (χ0v) is 53.4. The topological polar surface area (TPSA) is 83.1 Å². The van der Waals surface area contributed by atoms with Crippen molar-refractivity contribution in [2.45, 2.75) is 195 Å². The molecule has 332 valence electrons. The molecule has 9 nitrogen and oxygen atoms in total. The van der Waals surface area contributed by atoms with Crippen molar-refractivity contribution in [1.82, 2.24) is 0 Å². The number of unbranched alkanes of at least 4 members (excludes halogenated alkanes) is 2.